The van der Waals surface area contributed by atoms with Gasteiger partial charge in [-0.05, 0) is 42.8 Å². The Bertz CT molecular complexity index is 1960. The number of rotatable bonds is 6. The number of carbonyl (C=O) groups excluding carboxylic acids is 2. The average molecular weight is 664 g/mol. The van der Waals surface area contributed by atoms with Crippen LogP contribution < -0.4 is 10.6 Å². The van der Waals surface area contributed by atoms with Crippen LogP contribution in [0.25, 0.3) is 16.9 Å². The summed E-state index contributed by atoms with van der Waals surface area (Å²) in [5.74, 6) is -0.939. The lowest BCUT2D eigenvalue weighted by atomic mass is 10.0. The fourth-order valence-electron chi connectivity index (χ4n) is 4.22. The van der Waals surface area contributed by atoms with Crippen molar-refractivity contribution in [3.8, 4) is 11.9 Å². The molecule has 0 atom stereocenters. The number of carbonyl (C=O) groups is 2. The van der Waals surface area contributed by atoms with E-state index >= 15 is 0 Å². The summed E-state index contributed by atoms with van der Waals surface area (Å²) in [6, 6.07) is 9.69. The number of nitriles is 1. The molecular formula is C26H16Cl5N9O2. The number of aromatic nitrogens is 6. The van der Waals surface area contributed by atoms with Gasteiger partial charge in [-0.15, -0.1) is 5.10 Å². The predicted molar refractivity (Wildman–Crippen MR) is 160 cm³/mol. The number of benzene rings is 2. The van der Waals surface area contributed by atoms with Crippen molar-refractivity contribution in [2.75, 3.05) is 12.4 Å². The second-order valence-corrected chi connectivity index (χ2v) is 10.7. The van der Waals surface area contributed by atoms with Gasteiger partial charge in [-0.2, -0.15) is 10.4 Å². The van der Waals surface area contributed by atoms with E-state index in [0.29, 0.717) is 16.8 Å². The van der Waals surface area contributed by atoms with Gasteiger partial charge in [0.05, 0.1) is 60.2 Å². The number of aryl methyl sites for hydroxylation is 1. The first-order chi connectivity index (χ1) is 20.0. The number of fused-ring (bicyclic) bond motifs is 1. The van der Waals surface area contributed by atoms with E-state index in [0.717, 1.165) is 0 Å². The second-order valence-electron chi connectivity index (χ2n) is 8.80. The van der Waals surface area contributed by atoms with E-state index in [1.165, 1.54) is 34.7 Å². The third-order valence-corrected chi connectivity index (χ3v) is 8.23. The first-order valence-corrected chi connectivity index (χ1v) is 13.8. The lowest BCUT2D eigenvalue weighted by Gasteiger charge is -2.14. The molecule has 0 aliphatic carbocycles. The van der Waals surface area contributed by atoms with Crippen LogP contribution in [0.5, 0.6) is 0 Å². The Morgan fingerprint density at radius 3 is 2.45 bits per heavy atom. The van der Waals surface area contributed by atoms with Crippen molar-refractivity contribution in [3.63, 3.8) is 0 Å². The molecule has 0 saturated heterocycles. The maximum absolute atomic E-state index is 13.8. The van der Waals surface area contributed by atoms with Crippen molar-refractivity contribution >= 4 is 86.5 Å². The van der Waals surface area contributed by atoms with Crippen LogP contribution in [0.15, 0.2) is 36.5 Å². The summed E-state index contributed by atoms with van der Waals surface area (Å²) in [7, 11) is 1.45. The number of anilines is 1. The first-order valence-electron chi connectivity index (χ1n) is 11.9. The molecule has 0 radical (unpaired) electrons. The third-order valence-electron chi connectivity index (χ3n) is 6.15. The molecule has 5 aromatic rings. The highest BCUT2D eigenvalue weighted by atomic mass is 35.5. The maximum atomic E-state index is 13.8. The summed E-state index contributed by atoms with van der Waals surface area (Å²) < 4.78 is 2.68. The molecule has 0 spiro atoms. The van der Waals surface area contributed by atoms with Crippen LogP contribution in [0.3, 0.4) is 0 Å². The van der Waals surface area contributed by atoms with Gasteiger partial charge in [0.1, 0.15) is 16.7 Å². The monoisotopic (exact) mass is 661 g/mol. The maximum Gasteiger partial charge on any atom is 0.274 e. The SMILES string of the molecule is CNC(=O)c1cc(C#N)cc(C)c1NC(=O)c1cc(Cn2nnc3c(Cl)c(Cl)c(Cl)c(Cl)c32)nn1-c1ncccc1Cl. The minimum Gasteiger partial charge on any atom is -0.355 e. The topological polar surface area (TPSA) is 143 Å². The minimum absolute atomic E-state index is 0.0123. The van der Waals surface area contributed by atoms with Gasteiger partial charge in [-0.1, -0.05) is 63.2 Å². The number of nitrogens with one attached hydrogen (secondary N) is 2. The van der Waals surface area contributed by atoms with Crippen molar-refractivity contribution in [1.29, 1.82) is 5.26 Å². The molecule has 16 heteroatoms. The average Bonchev–Trinajstić information content (AvgIpc) is 3.60. The number of pyridine rings is 1. The Balaban J connectivity index is 1.61. The molecule has 0 fully saturated rings. The molecule has 0 bridgehead atoms. The van der Waals surface area contributed by atoms with Crippen molar-refractivity contribution < 1.29 is 9.59 Å². The quantitative estimate of drug-likeness (QED) is 0.165. The molecule has 2 amide bonds. The van der Waals surface area contributed by atoms with Crippen molar-refractivity contribution in [2.45, 2.75) is 13.5 Å². The fraction of sp³-hybridized carbons (Fsp3) is 0.115. The van der Waals surface area contributed by atoms with Crippen LogP contribution in [0.1, 0.15) is 37.7 Å². The Kier molecular flexibility index (Phi) is 8.28. The van der Waals surface area contributed by atoms with Crippen molar-refractivity contribution in [2.24, 2.45) is 0 Å². The van der Waals surface area contributed by atoms with E-state index in [-0.39, 0.29) is 65.5 Å². The summed E-state index contributed by atoms with van der Waals surface area (Å²) >= 11 is 31.6. The summed E-state index contributed by atoms with van der Waals surface area (Å²) in [4.78, 5) is 30.7. The molecule has 0 saturated carbocycles. The van der Waals surface area contributed by atoms with Gasteiger partial charge in [0, 0.05) is 13.2 Å². The molecule has 11 nitrogen and oxygen atoms in total. The molecular weight excluding hydrogens is 648 g/mol. The van der Waals surface area contributed by atoms with E-state index in [1.54, 1.807) is 25.1 Å². The summed E-state index contributed by atoms with van der Waals surface area (Å²) in [5, 5.41) is 27.9. The highest BCUT2D eigenvalue weighted by molar-refractivity contribution is 6.55. The van der Waals surface area contributed by atoms with Crippen molar-refractivity contribution in [3.05, 3.63) is 89.7 Å². The minimum atomic E-state index is -0.632. The van der Waals surface area contributed by atoms with Crippen LogP contribution in [-0.4, -0.2) is 48.6 Å². The molecule has 2 aromatic carbocycles. The molecule has 212 valence electrons. The smallest absolute Gasteiger partial charge is 0.274 e. The molecule has 5 rings (SSSR count). The number of hydrogen-bond donors (Lipinski definition) is 2. The Morgan fingerprint density at radius 1 is 1.02 bits per heavy atom. The van der Waals surface area contributed by atoms with Gasteiger partial charge >= 0.3 is 0 Å². The van der Waals surface area contributed by atoms with Crippen LogP contribution >= 0.6 is 58.0 Å². The van der Waals surface area contributed by atoms with E-state index < -0.39 is 11.8 Å². The zero-order chi connectivity index (χ0) is 30.3. The molecule has 3 heterocycles. The highest BCUT2D eigenvalue weighted by Gasteiger charge is 2.25. The molecule has 2 N–H and O–H groups in total. The first kappa shape index (κ1) is 29.6. The Hall–Kier alpha value is -3.92. The molecule has 0 aliphatic rings. The molecule has 42 heavy (non-hydrogen) atoms. The lowest BCUT2D eigenvalue weighted by molar-refractivity contribution is 0.0964. The predicted octanol–water partition coefficient (Wildman–Crippen LogP) is 6.12. The largest absolute Gasteiger partial charge is 0.355 e. The zero-order valence-corrected chi connectivity index (χ0v) is 25.3. The van der Waals surface area contributed by atoms with E-state index in [4.69, 9.17) is 58.0 Å². The lowest BCUT2D eigenvalue weighted by Crippen LogP contribution is -2.24. The summed E-state index contributed by atoms with van der Waals surface area (Å²) in [6.45, 7) is 1.66. The summed E-state index contributed by atoms with van der Waals surface area (Å²) in [5.41, 5.74) is 2.02. The Labute approximate surface area is 262 Å². The zero-order valence-electron chi connectivity index (χ0n) is 21.5. The van der Waals surface area contributed by atoms with Gasteiger partial charge in [0.2, 0.25) is 0 Å². The fourth-order valence-corrected chi connectivity index (χ4v) is 5.39. The highest BCUT2D eigenvalue weighted by Crippen LogP contribution is 2.42. The van der Waals surface area contributed by atoms with Crippen molar-refractivity contribution in [1.82, 2.24) is 35.1 Å². The van der Waals surface area contributed by atoms with Crippen LogP contribution in [0, 0.1) is 18.3 Å². The van der Waals surface area contributed by atoms with E-state index in [9.17, 15) is 14.9 Å². The van der Waals surface area contributed by atoms with Gasteiger partial charge < -0.3 is 10.6 Å². The van der Waals surface area contributed by atoms with Gasteiger partial charge in [-0.25, -0.2) is 14.3 Å². The van der Waals surface area contributed by atoms with Crippen LogP contribution in [0.2, 0.25) is 25.1 Å². The summed E-state index contributed by atoms with van der Waals surface area (Å²) in [6.07, 6.45) is 1.50. The number of nitrogens with zero attached hydrogens (tertiary/aromatic N) is 7. The van der Waals surface area contributed by atoms with Gasteiger partial charge in [-0.3, -0.25) is 9.59 Å². The molecule has 0 unspecified atom stereocenters. The van der Waals surface area contributed by atoms with Crippen LogP contribution in [0.4, 0.5) is 5.69 Å². The normalized spacial score (nSPS) is 11.0. The van der Waals surface area contributed by atoms with E-state index in [1.807, 2.05) is 6.07 Å². The number of amides is 2. The second kappa shape index (κ2) is 11.8. The Morgan fingerprint density at radius 2 is 1.76 bits per heavy atom. The standard InChI is InChI=1S/C26H16Cl5N9O2/c1-11-6-12(9-32)7-14(25(41)33-2)21(11)35-26(42)16-8-13(37-40(16)24-15(27)4-3-5-34-24)10-39-23-20(31)18(29)17(28)19(30)22(23)36-38-39/h3-8H,10H2,1-2H3,(H,33,41)(H,35,42). The number of hydrogen-bond acceptors (Lipinski definition) is 7. The molecule has 3 aromatic heterocycles. The van der Waals surface area contributed by atoms with Crippen LogP contribution in [-0.2, 0) is 6.54 Å². The van der Waals surface area contributed by atoms with Gasteiger partial charge in [0.15, 0.2) is 5.82 Å². The van der Waals surface area contributed by atoms with E-state index in [2.05, 4.69) is 31.0 Å². The van der Waals surface area contributed by atoms with Gasteiger partial charge in [0.25, 0.3) is 11.8 Å². The number of halogens is 5. The third kappa shape index (κ3) is 5.24. The molecule has 0 aliphatic heterocycles.